The molecule has 0 aliphatic heterocycles. The van der Waals surface area contributed by atoms with Gasteiger partial charge in [0.05, 0.1) is 5.52 Å². The van der Waals surface area contributed by atoms with Gasteiger partial charge in [-0.25, -0.2) is 0 Å². The van der Waals surface area contributed by atoms with Crippen LogP contribution in [-0.2, 0) is 13.6 Å². The third kappa shape index (κ3) is 1.80. The third-order valence-corrected chi connectivity index (χ3v) is 2.63. The maximum atomic E-state index is 12.1. The summed E-state index contributed by atoms with van der Waals surface area (Å²) in [7, 11) is 1.78. The van der Waals surface area contributed by atoms with Crippen molar-refractivity contribution in [2.24, 2.45) is 13.0 Å². The maximum Gasteiger partial charge on any atom is 0.282 e. The van der Waals surface area contributed by atoms with Crippen molar-refractivity contribution in [1.82, 2.24) is 19.3 Å². The Kier molecular flexibility index (Phi) is 2.67. The van der Waals surface area contributed by atoms with Gasteiger partial charge in [0.1, 0.15) is 0 Å². The van der Waals surface area contributed by atoms with Crippen LogP contribution in [-0.4, -0.2) is 19.3 Å². The molecule has 0 spiro atoms. The Hall–Kier alpha value is -1.43. The number of hydrogen-bond donors (Lipinski definition) is 1. The van der Waals surface area contributed by atoms with Crippen LogP contribution in [0.3, 0.4) is 0 Å². The maximum absolute atomic E-state index is 12.1. The zero-order valence-corrected chi connectivity index (χ0v) is 10.3. The van der Waals surface area contributed by atoms with Gasteiger partial charge in [0.25, 0.3) is 5.56 Å². The Balaban J connectivity index is 2.75. The van der Waals surface area contributed by atoms with Crippen molar-refractivity contribution < 1.29 is 0 Å². The Labute approximate surface area is 97.7 Å². The van der Waals surface area contributed by atoms with E-state index in [2.05, 4.69) is 10.1 Å². The van der Waals surface area contributed by atoms with Crippen LogP contribution in [0.5, 0.6) is 0 Å². The third-order valence-electron chi connectivity index (χ3n) is 2.31. The molecule has 0 fully saturated rings. The van der Waals surface area contributed by atoms with Crippen molar-refractivity contribution in [2.75, 3.05) is 0 Å². The van der Waals surface area contributed by atoms with E-state index in [4.69, 9.17) is 12.2 Å². The number of hydrogen-bond acceptors (Lipinski definition) is 3. The molecule has 0 unspecified atom stereocenters. The van der Waals surface area contributed by atoms with Gasteiger partial charge in [0.15, 0.2) is 10.3 Å². The average molecular weight is 238 g/mol. The molecular weight excluding hydrogens is 224 g/mol. The van der Waals surface area contributed by atoms with Crippen molar-refractivity contribution >= 4 is 23.3 Å². The Morgan fingerprint density at radius 2 is 2.25 bits per heavy atom. The molecule has 0 atom stereocenters. The summed E-state index contributed by atoms with van der Waals surface area (Å²) in [6, 6.07) is 0. The van der Waals surface area contributed by atoms with Gasteiger partial charge in [-0.15, -0.1) is 0 Å². The second kappa shape index (κ2) is 3.86. The zero-order chi connectivity index (χ0) is 11.9. The molecule has 2 aromatic heterocycles. The molecule has 0 saturated carbocycles. The highest BCUT2D eigenvalue weighted by Crippen LogP contribution is 2.05. The molecule has 5 nitrogen and oxygen atoms in total. The zero-order valence-electron chi connectivity index (χ0n) is 9.52. The Morgan fingerprint density at radius 1 is 1.56 bits per heavy atom. The van der Waals surface area contributed by atoms with Crippen molar-refractivity contribution in [2.45, 2.75) is 20.4 Å². The van der Waals surface area contributed by atoms with E-state index in [1.807, 2.05) is 13.8 Å². The molecule has 0 bridgehead atoms. The predicted octanol–water partition coefficient (Wildman–Crippen LogP) is 1.45. The molecule has 16 heavy (non-hydrogen) atoms. The van der Waals surface area contributed by atoms with Crippen molar-refractivity contribution in [3.05, 3.63) is 21.3 Å². The van der Waals surface area contributed by atoms with Crippen LogP contribution in [0.25, 0.3) is 11.0 Å². The van der Waals surface area contributed by atoms with E-state index in [0.717, 1.165) is 0 Å². The van der Waals surface area contributed by atoms with Crippen LogP contribution in [0.15, 0.2) is 11.0 Å². The first-order valence-electron chi connectivity index (χ1n) is 5.15. The van der Waals surface area contributed by atoms with E-state index in [1.54, 1.807) is 22.5 Å². The number of aromatic amines is 1. The smallest absolute Gasteiger partial charge is 0.282 e. The van der Waals surface area contributed by atoms with Gasteiger partial charge in [-0.2, -0.15) is 5.10 Å². The van der Waals surface area contributed by atoms with Crippen LogP contribution in [0.2, 0.25) is 0 Å². The summed E-state index contributed by atoms with van der Waals surface area (Å²) in [6.07, 6.45) is 1.76. The van der Waals surface area contributed by atoms with Gasteiger partial charge in [-0.05, 0) is 18.1 Å². The minimum atomic E-state index is -0.118. The lowest BCUT2D eigenvalue weighted by atomic mass is 10.2. The molecular formula is C10H14N4OS. The summed E-state index contributed by atoms with van der Waals surface area (Å²) in [4.78, 5) is 15.1. The minimum absolute atomic E-state index is 0.118. The Morgan fingerprint density at radius 3 is 2.88 bits per heavy atom. The lowest BCUT2D eigenvalue weighted by Gasteiger charge is -2.07. The van der Waals surface area contributed by atoms with Gasteiger partial charge >= 0.3 is 0 Å². The van der Waals surface area contributed by atoms with Crippen LogP contribution >= 0.6 is 12.2 Å². The van der Waals surface area contributed by atoms with Gasteiger partial charge < -0.3 is 4.98 Å². The number of aryl methyl sites for hydroxylation is 1. The summed E-state index contributed by atoms with van der Waals surface area (Å²) >= 11 is 5.16. The summed E-state index contributed by atoms with van der Waals surface area (Å²) in [5, 5.41) is 4.13. The van der Waals surface area contributed by atoms with Crippen LogP contribution in [0.4, 0.5) is 0 Å². The van der Waals surface area contributed by atoms with E-state index in [0.29, 0.717) is 28.3 Å². The normalized spacial score (nSPS) is 11.5. The summed E-state index contributed by atoms with van der Waals surface area (Å²) < 4.78 is 3.63. The lowest BCUT2D eigenvalue weighted by molar-refractivity contribution is 0.503. The molecule has 0 aromatic carbocycles. The molecule has 0 aliphatic rings. The minimum Gasteiger partial charge on any atom is -0.329 e. The topological polar surface area (TPSA) is 55.6 Å². The van der Waals surface area contributed by atoms with Crippen LogP contribution in [0.1, 0.15) is 13.8 Å². The van der Waals surface area contributed by atoms with Crippen LogP contribution in [0, 0.1) is 10.7 Å². The van der Waals surface area contributed by atoms with Crippen molar-refractivity contribution in [3.63, 3.8) is 0 Å². The fourth-order valence-corrected chi connectivity index (χ4v) is 1.94. The van der Waals surface area contributed by atoms with Gasteiger partial charge in [-0.1, -0.05) is 13.8 Å². The van der Waals surface area contributed by atoms with E-state index in [1.165, 1.54) is 0 Å². The highest BCUT2D eigenvalue weighted by molar-refractivity contribution is 7.71. The first-order valence-corrected chi connectivity index (χ1v) is 5.56. The largest absolute Gasteiger partial charge is 0.329 e. The predicted molar refractivity (Wildman–Crippen MR) is 65.0 cm³/mol. The molecule has 6 heteroatoms. The number of fused-ring (bicyclic) bond motifs is 1. The highest BCUT2D eigenvalue weighted by Gasteiger charge is 2.09. The van der Waals surface area contributed by atoms with Crippen molar-refractivity contribution in [1.29, 1.82) is 0 Å². The van der Waals surface area contributed by atoms with Crippen molar-refractivity contribution in [3.8, 4) is 0 Å². The van der Waals surface area contributed by atoms with Gasteiger partial charge in [0, 0.05) is 19.8 Å². The molecule has 2 rings (SSSR count). The highest BCUT2D eigenvalue weighted by atomic mass is 32.1. The second-order valence-corrected chi connectivity index (χ2v) is 4.69. The molecule has 0 aliphatic carbocycles. The fourth-order valence-electron chi connectivity index (χ4n) is 1.67. The monoisotopic (exact) mass is 238 g/mol. The fraction of sp³-hybridized carbons (Fsp3) is 0.500. The van der Waals surface area contributed by atoms with Crippen LogP contribution < -0.4 is 5.56 Å². The number of nitrogens with zero attached hydrogens (tertiary/aromatic N) is 3. The SMILES string of the molecule is CC(C)Cn1c(=S)[nH]c2cn(C)nc2c1=O. The molecule has 86 valence electrons. The molecule has 0 saturated heterocycles. The van der Waals surface area contributed by atoms with Gasteiger partial charge in [-0.3, -0.25) is 14.0 Å². The summed E-state index contributed by atoms with van der Waals surface area (Å²) in [5.74, 6) is 0.369. The lowest BCUT2D eigenvalue weighted by Crippen LogP contribution is -2.24. The van der Waals surface area contributed by atoms with E-state index in [9.17, 15) is 4.79 Å². The van der Waals surface area contributed by atoms with E-state index in [-0.39, 0.29) is 5.56 Å². The molecule has 1 N–H and O–H groups in total. The summed E-state index contributed by atoms with van der Waals surface area (Å²) in [6.45, 7) is 4.70. The first kappa shape index (κ1) is 11.1. The number of rotatable bonds is 2. The standard InChI is InChI=1S/C10H14N4OS/c1-6(2)4-14-9(15)8-7(11-10(14)16)5-13(3)12-8/h5-6H,4H2,1-3H3,(H,11,16). The molecule has 0 amide bonds. The number of aromatic nitrogens is 4. The first-order chi connectivity index (χ1) is 7.49. The average Bonchev–Trinajstić information content (AvgIpc) is 2.53. The quantitative estimate of drug-likeness (QED) is 0.806. The molecule has 0 radical (unpaired) electrons. The number of nitrogens with one attached hydrogen (secondary N) is 1. The molecule has 2 heterocycles. The Bertz CT molecular complexity index is 634. The number of H-pyrrole nitrogens is 1. The summed E-state index contributed by atoms with van der Waals surface area (Å²) in [5.41, 5.74) is 1.02. The van der Waals surface area contributed by atoms with E-state index >= 15 is 0 Å². The van der Waals surface area contributed by atoms with E-state index < -0.39 is 0 Å². The molecule has 2 aromatic rings. The second-order valence-electron chi connectivity index (χ2n) is 4.30. The van der Waals surface area contributed by atoms with Gasteiger partial charge in [0.2, 0.25) is 0 Å².